The highest BCUT2D eigenvalue weighted by atomic mass is 16.5. The number of aromatic nitrogens is 6. The molecule has 39 heavy (non-hydrogen) atoms. The van der Waals surface area contributed by atoms with Gasteiger partial charge in [0.25, 0.3) is 5.56 Å². The number of nitrogens with one attached hydrogen (secondary N) is 1. The molecule has 3 heterocycles. The second-order valence-electron chi connectivity index (χ2n) is 10.5. The number of ether oxygens (including phenoxy) is 1. The van der Waals surface area contributed by atoms with Crippen LogP contribution in [0.1, 0.15) is 44.0 Å². The van der Waals surface area contributed by atoms with E-state index < -0.39 is 5.76 Å². The van der Waals surface area contributed by atoms with Crippen molar-refractivity contribution in [3.63, 3.8) is 0 Å². The van der Waals surface area contributed by atoms with Crippen LogP contribution in [0.2, 0.25) is 0 Å². The summed E-state index contributed by atoms with van der Waals surface area (Å²) >= 11 is 0. The molecule has 0 unspecified atom stereocenters. The Morgan fingerprint density at radius 3 is 2.46 bits per heavy atom. The van der Waals surface area contributed by atoms with E-state index in [1.807, 2.05) is 53.0 Å². The molecule has 1 N–H and O–H groups in total. The molecule has 0 aliphatic carbocycles. The number of benzene rings is 2. The Bertz CT molecular complexity index is 1710. The predicted molar refractivity (Wildman–Crippen MR) is 148 cm³/mol. The van der Waals surface area contributed by atoms with Crippen molar-refractivity contribution in [2.24, 2.45) is 5.41 Å². The molecular formula is C29H32N6O4. The summed E-state index contributed by atoms with van der Waals surface area (Å²) in [5.74, 6) is 0.329. The van der Waals surface area contributed by atoms with E-state index in [-0.39, 0.29) is 11.0 Å². The van der Waals surface area contributed by atoms with E-state index in [0.717, 1.165) is 39.9 Å². The summed E-state index contributed by atoms with van der Waals surface area (Å²) in [4.78, 5) is 32.5. The van der Waals surface area contributed by atoms with E-state index in [1.54, 1.807) is 11.7 Å². The Morgan fingerprint density at radius 1 is 1.05 bits per heavy atom. The quantitative estimate of drug-likeness (QED) is 0.290. The van der Waals surface area contributed by atoms with E-state index in [0.29, 0.717) is 37.6 Å². The fraction of sp³-hybridized carbons (Fsp3) is 0.345. The number of aryl methyl sites for hydroxylation is 1. The van der Waals surface area contributed by atoms with Gasteiger partial charge in [-0.1, -0.05) is 80.9 Å². The van der Waals surface area contributed by atoms with Crippen molar-refractivity contribution in [2.75, 3.05) is 13.7 Å². The van der Waals surface area contributed by atoms with Crippen molar-refractivity contribution in [3.05, 3.63) is 92.6 Å². The highest BCUT2D eigenvalue weighted by molar-refractivity contribution is 5.80. The van der Waals surface area contributed by atoms with Gasteiger partial charge < -0.3 is 4.74 Å². The van der Waals surface area contributed by atoms with Gasteiger partial charge in [-0.25, -0.2) is 9.31 Å². The summed E-state index contributed by atoms with van der Waals surface area (Å²) in [7, 11) is 1.67. The molecule has 2 aromatic carbocycles. The lowest BCUT2D eigenvalue weighted by Crippen LogP contribution is -2.35. The molecule has 0 atom stereocenters. The Hall–Kier alpha value is -4.31. The van der Waals surface area contributed by atoms with Crippen LogP contribution in [0.3, 0.4) is 0 Å². The summed E-state index contributed by atoms with van der Waals surface area (Å²) in [5, 5.41) is 8.33. The fourth-order valence-corrected chi connectivity index (χ4v) is 5.09. The van der Waals surface area contributed by atoms with E-state index in [4.69, 9.17) is 9.26 Å². The van der Waals surface area contributed by atoms with Crippen LogP contribution in [-0.2, 0) is 24.1 Å². The Morgan fingerprint density at radius 2 is 1.79 bits per heavy atom. The summed E-state index contributed by atoms with van der Waals surface area (Å²) in [6.45, 7) is 7.20. The van der Waals surface area contributed by atoms with Crippen LogP contribution in [0.25, 0.3) is 28.3 Å². The first-order valence-corrected chi connectivity index (χ1v) is 13.0. The number of hydrogen-bond donors (Lipinski definition) is 1. The fourth-order valence-electron chi connectivity index (χ4n) is 5.09. The largest absolute Gasteiger partial charge is 0.439 e. The minimum atomic E-state index is -0.598. The van der Waals surface area contributed by atoms with E-state index >= 15 is 0 Å². The maximum absolute atomic E-state index is 14.0. The first kappa shape index (κ1) is 26.3. The smallest absolute Gasteiger partial charge is 0.384 e. The number of nitrogens with zero attached hydrogens (tertiary/aromatic N) is 5. The Kier molecular flexibility index (Phi) is 7.30. The molecule has 0 aliphatic heterocycles. The van der Waals surface area contributed by atoms with E-state index in [2.05, 4.69) is 41.0 Å². The molecule has 202 valence electrons. The van der Waals surface area contributed by atoms with Gasteiger partial charge in [-0.05, 0) is 23.1 Å². The maximum atomic E-state index is 14.0. The molecule has 3 aromatic heterocycles. The van der Waals surface area contributed by atoms with Crippen LogP contribution >= 0.6 is 0 Å². The molecule has 5 aromatic rings. The summed E-state index contributed by atoms with van der Waals surface area (Å²) < 4.78 is 13.6. The monoisotopic (exact) mass is 528 g/mol. The molecule has 0 bridgehead atoms. The summed E-state index contributed by atoms with van der Waals surface area (Å²) in [5.41, 5.74) is 4.92. The molecule has 10 heteroatoms. The zero-order chi connectivity index (χ0) is 27.6. The highest BCUT2D eigenvalue weighted by Gasteiger charge is 2.25. The van der Waals surface area contributed by atoms with Crippen LogP contribution in [0.15, 0.2) is 69.0 Å². The number of methoxy groups -OCH3 is 1. The van der Waals surface area contributed by atoms with Gasteiger partial charge in [0.1, 0.15) is 6.33 Å². The molecule has 0 saturated heterocycles. The minimum Gasteiger partial charge on any atom is -0.384 e. The number of rotatable bonds is 10. The molecule has 0 radical (unpaired) electrons. The third-order valence-electron chi connectivity index (χ3n) is 6.75. The minimum absolute atomic E-state index is 0.0486. The topological polar surface area (TPSA) is 120 Å². The zero-order valence-corrected chi connectivity index (χ0v) is 22.6. The van der Waals surface area contributed by atoms with Crippen LogP contribution in [0.4, 0.5) is 0 Å². The van der Waals surface area contributed by atoms with Gasteiger partial charge in [0.15, 0.2) is 5.82 Å². The number of hydrogen-bond acceptors (Lipinski definition) is 7. The molecular weight excluding hydrogens is 496 g/mol. The average molecular weight is 529 g/mol. The summed E-state index contributed by atoms with van der Waals surface area (Å²) in [6, 6.07) is 15.7. The van der Waals surface area contributed by atoms with Crippen LogP contribution in [0.5, 0.6) is 0 Å². The van der Waals surface area contributed by atoms with Gasteiger partial charge >= 0.3 is 5.76 Å². The van der Waals surface area contributed by atoms with Gasteiger partial charge in [-0.3, -0.25) is 18.9 Å². The van der Waals surface area contributed by atoms with Gasteiger partial charge in [0.2, 0.25) is 5.78 Å². The molecule has 0 aliphatic rings. The molecule has 10 nitrogen and oxygen atoms in total. The van der Waals surface area contributed by atoms with Crippen molar-refractivity contribution in [3.8, 4) is 22.5 Å². The standard InChI is InChI=1S/C29H32N6O4/c1-5-8-24-23(26(36)34(16-29(2,3)17-38-4)27-30-18-31-35(24)27)15-19-11-13-20(14-12-19)21-9-6-7-10-22(21)25-32-28(37)39-33-25/h6-7,9-14,18H,5,8,15-17H2,1-4H3,(H,32,33,37). The zero-order valence-electron chi connectivity index (χ0n) is 22.6. The normalized spacial score (nSPS) is 11.9. The van der Waals surface area contributed by atoms with Gasteiger partial charge in [-0.2, -0.15) is 10.1 Å². The second kappa shape index (κ2) is 10.8. The predicted octanol–water partition coefficient (Wildman–Crippen LogP) is 4.12. The summed E-state index contributed by atoms with van der Waals surface area (Å²) in [6.07, 6.45) is 3.56. The lowest BCUT2D eigenvalue weighted by atomic mass is 9.94. The van der Waals surface area contributed by atoms with Gasteiger partial charge in [0, 0.05) is 36.6 Å². The van der Waals surface area contributed by atoms with Crippen molar-refractivity contribution in [2.45, 2.75) is 46.6 Å². The van der Waals surface area contributed by atoms with Gasteiger partial charge in [0.05, 0.1) is 12.3 Å². The SMILES string of the molecule is CCCc1c(Cc2ccc(-c3ccccc3-c3noc(=O)[nH]3)cc2)c(=O)n(CC(C)(C)COC)c2ncnn12. The second-order valence-corrected chi connectivity index (χ2v) is 10.5. The molecule has 0 spiro atoms. The third-order valence-corrected chi connectivity index (χ3v) is 6.75. The average Bonchev–Trinajstić information content (AvgIpc) is 3.58. The Balaban J connectivity index is 1.54. The van der Waals surface area contributed by atoms with Gasteiger partial charge in [-0.15, -0.1) is 0 Å². The molecule has 0 saturated carbocycles. The van der Waals surface area contributed by atoms with Crippen molar-refractivity contribution < 1.29 is 9.26 Å². The Labute approximate surface area is 225 Å². The van der Waals surface area contributed by atoms with Crippen molar-refractivity contribution in [1.29, 1.82) is 0 Å². The molecule has 5 rings (SSSR count). The number of aromatic amines is 1. The van der Waals surface area contributed by atoms with Crippen molar-refractivity contribution >= 4 is 5.78 Å². The number of H-pyrrole nitrogens is 1. The highest BCUT2D eigenvalue weighted by Crippen LogP contribution is 2.30. The number of fused-ring (bicyclic) bond motifs is 1. The maximum Gasteiger partial charge on any atom is 0.439 e. The van der Waals surface area contributed by atoms with E-state index in [9.17, 15) is 9.59 Å². The first-order chi connectivity index (χ1) is 18.8. The third kappa shape index (κ3) is 5.33. The first-order valence-electron chi connectivity index (χ1n) is 13.0. The van der Waals surface area contributed by atoms with E-state index in [1.165, 1.54) is 6.33 Å². The lowest BCUT2D eigenvalue weighted by molar-refractivity contribution is 0.0916. The van der Waals surface area contributed by atoms with Crippen molar-refractivity contribution in [1.82, 2.24) is 29.3 Å². The van der Waals surface area contributed by atoms with Crippen LogP contribution in [0, 0.1) is 5.41 Å². The molecule has 0 amide bonds. The molecule has 0 fully saturated rings. The van der Waals surface area contributed by atoms with Crippen LogP contribution < -0.4 is 11.3 Å². The lowest BCUT2D eigenvalue weighted by Gasteiger charge is -2.25. The van der Waals surface area contributed by atoms with Crippen LogP contribution in [-0.4, -0.2) is 43.0 Å².